The SMILES string of the molecule is COC(=O)c1cccc(CN2C(=O)C(=C(c3ccccc3)c3ccc(Cl)cc3)c3cc(F)cc(Cl)c32)c1. The van der Waals surface area contributed by atoms with Gasteiger partial charge in [0.2, 0.25) is 0 Å². The molecule has 0 radical (unpaired) electrons. The molecule has 37 heavy (non-hydrogen) atoms. The summed E-state index contributed by atoms with van der Waals surface area (Å²) in [4.78, 5) is 27.7. The van der Waals surface area contributed by atoms with Gasteiger partial charge in [0.1, 0.15) is 5.82 Å². The summed E-state index contributed by atoms with van der Waals surface area (Å²) in [6.07, 6.45) is 0. The third-order valence-electron chi connectivity index (χ3n) is 6.16. The number of esters is 1. The Morgan fingerprint density at radius 1 is 0.865 bits per heavy atom. The third kappa shape index (κ3) is 4.76. The molecule has 1 amide bonds. The zero-order chi connectivity index (χ0) is 26.1. The van der Waals surface area contributed by atoms with E-state index in [2.05, 4.69) is 0 Å². The summed E-state index contributed by atoms with van der Waals surface area (Å²) in [6, 6.07) is 25.9. The Hall–Kier alpha value is -3.93. The molecule has 1 aliphatic heterocycles. The van der Waals surface area contributed by atoms with Gasteiger partial charge in [-0.25, -0.2) is 9.18 Å². The zero-order valence-electron chi connectivity index (χ0n) is 19.7. The van der Waals surface area contributed by atoms with E-state index >= 15 is 0 Å². The predicted molar refractivity (Wildman–Crippen MR) is 144 cm³/mol. The van der Waals surface area contributed by atoms with E-state index in [0.29, 0.717) is 38.5 Å². The summed E-state index contributed by atoms with van der Waals surface area (Å²) in [5.74, 6) is -1.36. The van der Waals surface area contributed by atoms with Crippen molar-refractivity contribution in [2.24, 2.45) is 0 Å². The molecule has 0 aromatic heterocycles. The van der Waals surface area contributed by atoms with Crippen LogP contribution in [0.25, 0.3) is 11.1 Å². The molecule has 4 nitrogen and oxygen atoms in total. The van der Waals surface area contributed by atoms with Crippen LogP contribution in [-0.4, -0.2) is 19.0 Å². The number of rotatable bonds is 5. The molecular formula is C30H20Cl2FNO3. The van der Waals surface area contributed by atoms with Crippen molar-refractivity contribution in [2.75, 3.05) is 12.0 Å². The Morgan fingerprint density at radius 2 is 1.54 bits per heavy atom. The lowest BCUT2D eigenvalue weighted by atomic mass is 9.90. The number of fused-ring (bicyclic) bond motifs is 1. The number of anilines is 1. The van der Waals surface area contributed by atoms with Crippen LogP contribution in [0.15, 0.2) is 91.0 Å². The molecule has 0 atom stereocenters. The van der Waals surface area contributed by atoms with Gasteiger partial charge >= 0.3 is 5.97 Å². The number of nitrogens with zero attached hydrogens (tertiary/aromatic N) is 1. The van der Waals surface area contributed by atoms with Gasteiger partial charge in [-0.05, 0) is 53.1 Å². The van der Waals surface area contributed by atoms with Gasteiger partial charge in [0.25, 0.3) is 5.91 Å². The molecule has 0 fully saturated rings. The lowest BCUT2D eigenvalue weighted by molar-refractivity contribution is -0.113. The van der Waals surface area contributed by atoms with Crippen LogP contribution in [0, 0.1) is 5.82 Å². The topological polar surface area (TPSA) is 46.6 Å². The number of carbonyl (C=O) groups excluding carboxylic acids is 2. The maximum Gasteiger partial charge on any atom is 0.337 e. The largest absolute Gasteiger partial charge is 0.465 e. The smallest absolute Gasteiger partial charge is 0.337 e. The van der Waals surface area contributed by atoms with Gasteiger partial charge in [-0.3, -0.25) is 4.79 Å². The lowest BCUT2D eigenvalue weighted by Gasteiger charge is -2.19. The average molecular weight is 532 g/mol. The van der Waals surface area contributed by atoms with E-state index in [1.807, 2.05) is 42.5 Å². The van der Waals surface area contributed by atoms with Gasteiger partial charge < -0.3 is 9.64 Å². The molecule has 0 saturated heterocycles. The highest BCUT2D eigenvalue weighted by molar-refractivity contribution is 6.43. The van der Waals surface area contributed by atoms with Crippen LogP contribution < -0.4 is 4.90 Å². The quantitative estimate of drug-likeness (QED) is 0.199. The molecular weight excluding hydrogens is 512 g/mol. The summed E-state index contributed by atoms with van der Waals surface area (Å²) in [5, 5.41) is 0.673. The Balaban J connectivity index is 1.73. The van der Waals surface area contributed by atoms with Crippen molar-refractivity contribution < 1.29 is 18.7 Å². The van der Waals surface area contributed by atoms with Gasteiger partial charge in [-0.15, -0.1) is 0 Å². The van der Waals surface area contributed by atoms with E-state index in [0.717, 1.165) is 11.1 Å². The molecule has 1 aliphatic rings. The summed E-state index contributed by atoms with van der Waals surface area (Å²) in [6.45, 7) is 0.119. The summed E-state index contributed by atoms with van der Waals surface area (Å²) in [5.41, 5.74) is 4.36. The molecule has 0 bridgehead atoms. The molecule has 0 N–H and O–H groups in total. The number of benzene rings is 4. The van der Waals surface area contributed by atoms with Crippen molar-refractivity contribution in [3.63, 3.8) is 0 Å². The maximum atomic E-state index is 14.7. The lowest BCUT2D eigenvalue weighted by Crippen LogP contribution is -2.26. The van der Waals surface area contributed by atoms with E-state index < -0.39 is 11.8 Å². The normalized spacial score (nSPS) is 13.9. The minimum Gasteiger partial charge on any atom is -0.465 e. The van der Waals surface area contributed by atoms with Gasteiger partial charge in [0, 0.05) is 16.2 Å². The minimum atomic E-state index is -0.549. The molecule has 0 aliphatic carbocycles. The van der Waals surface area contributed by atoms with Crippen LogP contribution >= 0.6 is 23.2 Å². The summed E-state index contributed by atoms with van der Waals surface area (Å²) < 4.78 is 19.5. The Morgan fingerprint density at radius 3 is 2.24 bits per heavy atom. The van der Waals surface area contributed by atoms with Crippen LogP contribution in [0.4, 0.5) is 10.1 Å². The van der Waals surface area contributed by atoms with E-state index in [1.54, 1.807) is 36.4 Å². The van der Waals surface area contributed by atoms with Crippen molar-refractivity contribution in [1.82, 2.24) is 0 Å². The fraction of sp³-hybridized carbons (Fsp3) is 0.0667. The maximum absolute atomic E-state index is 14.7. The van der Waals surface area contributed by atoms with Crippen LogP contribution in [-0.2, 0) is 16.1 Å². The molecule has 0 unspecified atom stereocenters. The number of carbonyl (C=O) groups is 2. The van der Waals surface area contributed by atoms with Crippen LogP contribution in [0.5, 0.6) is 0 Å². The van der Waals surface area contributed by atoms with E-state index in [9.17, 15) is 14.0 Å². The minimum absolute atomic E-state index is 0.117. The second-order valence-electron chi connectivity index (χ2n) is 8.49. The number of methoxy groups -OCH3 is 1. The molecule has 4 aromatic rings. The van der Waals surface area contributed by atoms with Crippen molar-refractivity contribution in [2.45, 2.75) is 6.54 Å². The first kappa shape index (κ1) is 24.8. The first-order chi connectivity index (χ1) is 17.9. The van der Waals surface area contributed by atoms with Crippen molar-refractivity contribution in [1.29, 1.82) is 0 Å². The molecule has 184 valence electrons. The number of halogens is 3. The number of amides is 1. The highest BCUT2D eigenvalue weighted by Crippen LogP contribution is 2.47. The summed E-state index contributed by atoms with van der Waals surface area (Å²) in [7, 11) is 1.31. The first-order valence-electron chi connectivity index (χ1n) is 11.4. The highest BCUT2D eigenvalue weighted by atomic mass is 35.5. The van der Waals surface area contributed by atoms with E-state index in [4.69, 9.17) is 27.9 Å². The molecule has 1 heterocycles. The Kier molecular flexibility index (Phi) is 6.83. The Labute approximate surface area is 223 Å². The van der Waals surface area contributed by atoms with Crippen molar-refractivity contribution in [3.8, 4) is 0 Å². The number of ether oxygens (including phenoxy) is 1. The van der Waals surface area contributed by atoms with E-state index in [-0.39, 0.29) is 17.5 Å². The first-order valence-corrected chi connectivity index (χ1v) is 12.2. The number of hydrogen-bond acceptors (Lipinski definition) is 3. The van der Waals surface area contributed by atoms with E-state index in [1.165, 1.54) is 24.1 Å². The standard InChI is InChI=1S/C30H20Cl2FNO3/c1-37-30(36)21-9-5-6-18(14-21)17-34-28-24(15-23(33)16-25(28)32)27(29(34)35)26(19-7-3-2-4-8-19)20-10-12-22(31)13-11-20/h2-16H,17H2,1H3. The zero-order valence-corrected chi connectivity index (χ0v) is 21.2. The molecule has 5 rings (SSSR count). The van der Waals surface area contributed by atoms with Crippen LogP contribution in [0.3, 0.4) is 0 Å². The van der Waals surface area contributed by atoms with Gasteiger partial charge in [0.15, 0.2) is 0 Å². The van der Waals surface area contributed by atoms with Gasteiger partial charge in [0.05, 0.1) is 35.5 Å². The third-order valence-corrected chi connectivity index (χ3v) is 6.70. The number of hydrogen-bond donors (Lipinski definition) is 0. The van der Waals surface area contributed by atoms with Crippen LogP contribution in [0.1, 0.15) is 32.6 Å². The monoisotopic (exact) mass is 531 g/mol. The van der Waals surface area contributed by atoms with Gasteiger partial charge in [-0.1, -0.05) is 77.8 Å². The second kappa shape index (κ2) is 10.2. The fourth-order valence-electron chi connectivity index (χ4n) is 4.55. The average Bonchev–Trinajstić information content (AvgIpc) is 3.16. The predicted octanol–water partition coefficient (Wildman–Crippen LogP) is 7.43. The molecule has 7 heteroatoms. The van der Waals surface area contributed by atoms with Crippen molar-refractivity contribution >= 4 is 51.9 Å². The fourth-order valence-corrected chi connectivity index (χ4v) is 4.98. The second-order valence-corrected chi connectivity index (χ2v) is 9.33. The molecule has 0 saturated carbocycles. The molecule has 0 spiro atoms. The molecule has 4 aromatic carbocycles. The summed E-state index contributed by atoms with van der Waals surface area (Å²) >= 11 is 12.7. The van der Waals surface area contributed by atoms with Crippen molar-refractivity contribution in [3.05, 3.63) is 135 Å². The van der Waals surface area contributed by atoms with Gasteiger partial charge in [-0.2, -0.15) is 0 Å². The highest BCUT2D eigenvalue weighted by Gasteiger charge is 2.37. The Bertz CT molecular complexity index is 1550. The van der Waals surface area contributed by atoms with Crippen LogP contribution in [0.2, 0.25) is 10.0 Å².